The summed E-state index contributed by atoms with van der Waals surface area (Å²) in [5, 5.41) is 23.0. The van der Waals surface area contributed by atoms with Crippen LogP contribution < -0.4 is 5.32 Å². The largest absolute Gasteiger partial charge is 0.466 e. The van der Waals surface area contributed by atoms with Gasteiger partial charge in [0.1, 0.15) is 0 Å². The fourth-order valence-electron chi connectivity index (χ4n) is 7.50. The SMILES string of the molecule is CCCCCCCCCCCCCC/C=C/C(O)C(CO)NC(=O)CCCCCCCC/C=C\C=C/CCCCCOC(=O)CCCCCCCCCCCCCC. The normalized spacial score (nSPS) is 13.0. The molecule has 2 unspecified atom stereocenters. The highest BCUT2D eigenvalue weighted by Crippen LogP contribution is 2.15. The fourth-order valence-corrected chi connectivity index (χ4v) is 7.50. The molecule has 0 saturated heterocycles. The number of hydrogen-bond donors (Lipinski definition) is 3. The molecule has 0 aromatic heterocycles. The predicted octanol–water partition coefficient (Wildman–Crippen LogP) is 14.9. The Labute approximate surface area is 360 Å². The first-order valence-electron chi connectivity index (χ1n) is 25.3. The van der Waals surface area contributed by atoms with Gasteiger partial charge in [-0.15, -0.1) is 0 Å². The van der Waals surface area contributed by atoms with Crippen molar-refractivity contribution in [2.75, 3.05) is 13.2 Å². The Morgan fingerprint density at radius 2 is 0.845 bits per heavy atom. The highest BCUT2D eigenvalue weighted by atomic mass is 16.5. The zero-order chi connectivity index (χ0) is 42.3. The van der Waals surface area contributed by atoms with E-state index in [9.17, 15) is 19.8 Å². The summed E-state index contributed by atoms with van der Waals surface area (Å²) in [7, 11) is 0. The molecule has 3 N–H and O–H groups in total. The summed E-state index contributed by atoms with van der Waals surface area (Å²) in [4.78, 5) is 24.4. The molecule has 0 aliphatic rings. The van der Waals surface area contributed by atoms with E-state index < -0.39 is 12.1 Å². The van der Waals surface area contributed by atoms with Crippen molar-refractivity contribution in [3.8, 4) is 0 Å². The van der Waals surface area contributed by atoms with Crippen molar-refractivity contribution in [2.45, 2.75) is 270 Å². The van der Waals surface area contributed by atoms with Crippen LogP contribution in [0.1, 0.15) is 258 Å². The molecule has 58 heavy (non-hydrogen) atoms. The Kier molecular flexibility index (Phi) is 46.2. The molecule has 0 spiro atoms. The molecule has 0 aliphatic heterocycles. The van der Waals surface area contributed by atoms with Gasteiger partial charge in [-0.1, -0.05) is 217 Å². The van der Waals surface area contributed by atoms with Crippen LogP contribution in [0, 0.1) is 0 Å². The Morgan fingerprint density at radius 3 is 1.28 bits per heavy atom. The van der Waals surface area contributed by atoms with Gasteiger partial charge in [-0.3, -0.25) is 9.59 Å². The summed E-state index contributed by atoms with van der Waals surface area (Å²) in [5.41, 5.74) is 0. The second kappa shape index (κ2) is 47.8. The third-order valence-electron chi connectivity index (χ3n) is 11.4. The van der Waals surface area contributed by atoms with Gasteiger partial charge in [0.25, 0.3) is 0 Å². The molecule has 0 bridgehead atoms. The van der Waals surface area contributed by atoms with Crippen molar-refractivity contribution in [3.63, 3.8) is 0 Å². The molecule has 0 fully saturated rings. The average Bonchev–Trinajstić information content (AvgIpc) is 3.22. The van der Waals surface area contributed by atoms with Gasteiger partial charge in [-0.05, 0) is 64.2 Å². The van der Waals surface area contributed by atoms with Gasteiger partial charge in [0.15, 0.2) is 0 Å². The van der Waals surface area contributed by atoms with Gasteiger partial charge >= 0.3 is 5.97 Å². The topological polar surface area (TPSA) is 95.9 Å². The van der Waals surface area contributed by atoms with Gasteiger partial charge in [0.05, 0.1) is 25.4 Å². The lowest BCUT2D eigenvalue weighted by atomic mass is 10.0. The first-order valence-corrected chi connectivity index (χ1v) is 25.3. The Morgan fingerprint density at radius 1 is 0.483 bits per heavy atom. The molecule has 0 rings (SSSR count). The van der Waals surface area contributed by atoms with Gasteiger partial charge in [-0.25, -0.2) is 0 Å². The number of carbonyl (C=O) groups is 2. The van der Waals surface area contributed by atoms with Crippen LogP contribution in [0.25, 0.3) is 0 Å². The van der Waals surface area contributed by atoms with Gasteiger partial charge in [-0.2, -0.15) is 0 Å². The lowest BCUT2D eigenvalue weighted by molar-refractivity contribution is -0.143. The van der Waals surface area contributed by atoms with Crippen molar-refractivity contribution in [1.82, 2.24) is 5.32 Å². The lowest BCUT2D eigenvalue weighted by Gasteiger charge is -2.20. The minimum atomic E-state index is -0.858. The highest BCUT2D eigenvalue weighted by Gasteiger charge is 2.18. The number of esters is 1. The first-order chi connectivity index (χ1) is 28.5. The quantitative estimate of drug-likeness (QED) is 0.0246. The summed E-state index contributed by atoms with van der Waals surface area (Å²) >= 11 is 0. The first kappa shape index (κ1) is 56.1. The van der Waals surface area contributed by atoms with E-state index in [0.29, 0.717) is 19.4 Å². The van der Waals surface area contributed by atoms with E-state index in [0.717, 1.165) is 77.0 Å². The minimum Gasteiger partial charge on any atom is -0.466 e. The molecule has 0 saturated carbocycles. The molecule has 2 atom stereocenters. The smallest absolute Gasteiger partial charge is 0.305 e. The van der Waals surface area contributed by atoms with Crippen LogP contribution in [0.2, 0.25) is 0 Å². The number of rotatable bonds is 46. The van der Waals surface area contributed by atoms with E-state index in [1.807, 2.05) is 6.08 Å². The van der Waals surface area contributed by atoms with E-state index in [-0.39, 0.29) is 18.5 Å². The summed E-state index contributed by atoms with van der Waals surface area (Å²) in [6, 6.07) is -0.643. The molecule has 340 valence electrons. The van der Waals surface area contributed by atoms with E-state index in [1.54, 1.807) is 6.08 Å². The van der Waals surface area contributed by atoms with Crippen LogP contribution >= 0.6 is 0 Å². The van der Waals surface area contributed by atoms with E-state index in [4.69, 9.17) is 4.74 Å². The number of ether oxygens (including phenoxy) is 1. The van der Waals surface area contributed by atoms with E-state index >= 15 is 0 Å². The number of aliphatic hydroxyl groups excluding tert-OH is 2. The maximum Gasteiger partial charge on any atom is 0.305 e. The van der Waals surface area contributed by atoms with Gasteiger partial charge < -0.3 is 20.3 Å². The Bertz CT molecular complexity index is 946. The van der Waals surface area contributed by atoms with Crippen molar-refractivity contribution >= 4 is 11.9 Å². The summed E-state index contributed by atoms with van der Waals surface area (Å²) in [6.07, 6.45) is 57.1. The van der Waals surface area contributed by atoms with Gasteiger partial charge in [0, 0.05) is 12.8 Å². The summed E-state index contributed by atoms with van der Waals surface area (Å²) in [5.74, 6) is -0.114. The van der Waals surface area contributed by atoms with E-state index in [1.165, 1.54) is 154 Å². The zero-order valence-corrected chi connectivity index (χ0v) is 38.5. The number of carbonyl (C=O) groups excluding carboxylic acids is 2. The zero-order valence-electron chi connectivity index (χ0n) is 38.5. The molecule has 0 radical (unpaired) electrons. The highest BCUT2D eigenvalue weighted by molar-refractivity contribution is 5.76. The Balaban J connectivity index is 3.57. The number of aliphatic hydroxyl groups is 2. The monoisotopic (exact) mass is 816 g/mol. The third kappa shape index (κ3) is 43.7. The number of hydrogen-bond acceptors (Lipinski definition) is 5. The van der Waals surface area contributed by atoms with Crippen LogP contribution in [0.15, 0.2) is 36.5 Å². The average molecular weight is 816 g/mol. The second-order valence-corrected chi connectivity index (χ2v) is 17.2. The minimum absolute atomic E-state index is 0.0228. The molecule has 1 amide bonds. The summed E-state index contributed by atoms with van der Waals surface area (Å²) < 4.78 is 5.43. The van der Waals surface area contributed by atoms with Crippen molar-refractivity contribution in [3.05, 3.63) is 36.5 Å². The standard InChI is InChI=1S/C52H97NO5/c1-3-5-7-9-11-13-15-17-21-24-28-32-36-40-44-50(55)49(48-54)53-51(56)45-41-37-33-29-25-22-19-18-20-23-27-31-35-39-43-47-58-52(57)46-42-38-34-30-26-16-14-12-10-8-6-4-2/h18,20,23,27,40,44,49-50,54-55H,3-17,19,21-22,24-26,28-39,41-43,45-48H2,1-2H3,(H,53,56)/b20-18-,27-23-,44-40+. The van der Waals surface area contributed by atoms with Crippen LogP contribution in [0.5, 0.6) is 0 Å². The molecule has 0 aliphatic carbocycles. The molecule has 0 aromatic carbocycles. The second-order valence-electron chi connectivity index (χ2n) is 17.2. The maximum absolute atomic E-state index is 12.4. The molecule has 6 nitrogen and oxygen atoms in total. The van der Waals surface area contributed by atoms with Crippen LogP contribution in [-0.4, -0.2) is 47.4 Å². The summed E-state index contributed by atoms with van der Waals surface area (Å²) in [6.45, 7) is 4.83. The molecular weight excluding hydrogens is 719 g/mol. The van der Waals surface area contributed by atoms with Crippen LogP contribution in [0.3, 0.4) is 0 Å². The molecule has 6 heteroatoms. The lowest BCUT2D eigenvalue weighted by Crippen LogP contribution is -2.45. The number of amides is 1. The molecule has 0 aromatic rings. The number of unbranched alkanes of at least 4 members (excludes halogenated alkanes) is 32. The number of allylic oxidation sites excluding steroid dienone is 5. The molecule has 0 heterocycles. The van der Waals surface area contributed by atoms with Crippen molar-refractivity contribution in [2.24, 2.45) is 0 Å². The van der Waals surface area contributed by atoms with Crippen molar-refractivity contribution < 1.29 is 24.5 Å². The third-order valence-corrected chi connectivity index (χ3v) is 11.4. The molecular formula is C52H97NO5. The van der Waals surface area contributed by atoms with Gasteiger partial charge in [0.2, 0.25) is 5.91 Å². The number of nitrogens with one attached hydrogen (secondary N) is 1. The van der Waals surface area contributed by atoms with Crippen LogP contribution in [-0.2, 0) is 14.3 Å². The predicted molar refractivity (Wildman–Crippen MR) is 250 cm³/mol. The van der Waals surface area contributed by atoms with Crippen molar-refractivity contribution in [1.29, 1.82) is 0 Å². The maximum atomic E-state index is 12.4. The fraction of sp³-hybridized carbons (Fsp3) is 0.846. The van der Waals surface area contributed by atoms with E-state index in [2.05, 4.69) is 43.5 Å². The Hall–Kier alpha value is -1.92. The van der Waals surface area contributed by atoms with Crippen LogP contribution in [0.4, 0.5) is 0 Å².